The van der Waals surface area contributed by atoms with Gasteiger partial charge >= 0.3 is 0 Å². The Labute approximate surface area is 112 Å². The van der Waals surface area contributed by atoms with Crippen LogP contribution in [0.1, 0.15) is 5.56 Å². The monoisotopic (exact) mass is 314 g/mol. The maximum absolute atomic E-state index is 13.6. The predicted molar refractivity (Wildman–Crippen MR) is 70.2 cm³/mol. The Bertz CT molecular complexity index is 513. The maximum Gasteiger partial charge on any atom is 0.167 e. The maximum atomic E-state index is 13.6. The second-order valence-electron chi connectivity index (χ2n) is 3.42. The third kappa shape index (κ3) is 2.99. The van der Waals surface area contributed by atoms with Gasteiger partial charge in [0.05, 0.1) is 5.88 Å². The summed E-state index contributed by atoms with van der Waals surface area (Å²) in [5, 5.41) is 0. The highest BCUT2D eigenvalue weighted by atomic mass is 79.9. The van der Waals surface area contributed by atoms with Crippen LogP contribution in [-0.4, -0.2) is 0 Å². The minimum Gasteiger partial charge on any atom is -0.454 e. The lowest BCUT2D eigenvalue weighted by molar-refractivity contribution is 0.438. The molecule has 0 heterocycles. The molecule has 2 rings (SSSR count). The van der Waals surface area contributed by atoms with Crippen LogP contribution >= 0.6 is 27.5 Å². The van der Waals surface area contributed by atoms with Crippen LogP contribution in [0.2, 0.25) is 0 Å². The van der Waals surface area contributed by atoms with Gasteiger partial charge in [-0.3, -0.25) is 0 Å². The molecule has 17 heavy (non-hydrogen) atoms. The highest BCUT2D eigenvalue weighted by Crippen LogP contribution is 2.30. The molecule has 0 amide bonds. The zero-order valence-corrected chi connectivity index (χ0v) is 11.1. The number of ether oxygens (including phenoxy) is 1. The molecule has 0 N–H and O–H groups in total. The van der Waals surface area contributed by atoms with Gasteiger partial charge in [-0.25, -0.2) is 4.39 Å². The molecule has 0 aromatic heterocycles. The van der Waals surface area contributed by atoms with E-state index in [-0.39, 0.29) is 11.6 Å². The molecule has 2 aromatic rings. The Morgan fingerprint density at radius 3 is 2.47 bits per heavy atom. The Hall–Kier alpha value is -1.06. The van der Waals surface area contributed by atoms with Gasteiger partial charge < -0.3 is 4.74 Å². The Kier molecular flexibility index (Phi) is 4.02. The lowest BCUT2D eigenvalue weighted by atomic mass is 10.2. The molecule has 0 spiro atoms. The molecule has 1 nitrogen and oxygen atoms in total. The van der Waals surface area contributed by atoms with E-state index < -0.39 is 5.82 Å². The summed E-state index contributed by atoms with van der Waals surface area (Å²) < 4.78 is 20.1. The number of para-hydroxylation sites is 1. The molecular formula is C13H9BrClFO. The van der Waals surface area contributed by atoms with E-state index in [2.05, 4.69) is 15.9 Å². The fourth-order valence-electron chi connectivity index (χ4n) is 1.39. The van der Waals surface area contributed by atoms with E-state index >= 15 is 0 Å². The summed E-state index contributed by atoms with van der Waals surface area (Å²) >= 11 is 9.06. The van der Waals surface area contributed by atoms with Crippen LogP contribution in [0.4, 0.5) is 4.39 Å². The number of hydrogen-bond donors (Lipinski definition) is 0. The summed E-state index contributed by atoms with van der Waals surface area (Å²) in [7, 11) is 0. The summed E-state index contributed by atoms with van der Waals surface area (Å²) in [4.78, 5) is 0. The van der Waals surface area contributed by atoms with Gasteiger partial charge in [0.25, 0.3) is 0 Å². The highest BCUT2D eigenvalue weighted by Gasteiger charge is 2.09. The normalized spacial score (nSPS) is 10.3. The topological polar surface area (TPSA) is 9.23 Å². The molecule has 88 valence electrons. The number of hydrogen-bond acceptors (Lipinski definition) is 1. The van der Waals surface area contributed by atoms with Crippen LogP contribution in [0, 0.1) is 5.82 Å². The van der Waals surface area contributed by atoms with Crippen molar-refractivity contribution in [3.05, 3.63) is 58.3 Å². The van der Waals surface area contributed by atoms with Crippen LogP contribution in [-0.2, 0) is 5.88 Å². The van der Waals surface area contributed by atoms with Crippen LogP contribution in [0.25, 0.3) is 0 Å². The van der Waals surface area contributed by atoms with Gasteiger partial charge in [0.15, 0.2) is 11.6 Å². The van der Waals surface area contributed by atoms with Crippen molar-refractivity contribution >= 4 is 27.5 Å². The van der Waals surface area contributed by atoms with E-state index in [1.54, 1.807) is 24.3 Å². The van der Waals surface area contributed by atoms with Gasteiger partial charge in [0.1, 0.15) is 5.75 Å². The quantitative estimate of drug-likeness (QED) is 0.714. The van der Waals surface area contributed by atoms with Crippen LogP contribution in [0.5, 0.6) is 11.5 Å². The smallest absolute Gasteiger partial charge is 0.167 e. The van der Waals surface area contributed by atoms with Gasteiger partial charge in [0.2, 0.25) is 0 Å². The Morgan fingerprint density at radius 1 is 1.12 bits per heavy atom. The second kappa shape index (κ2) is 5.52. The van der Waals surface area contributed by atoms with Crippen LogP contribution < -0.4 is 4.74 Å². The SMILES string of the molecule is Fc1cccc(CCl)c1Oc1ccc(Br)cc1. The van der Waals surface area contributed by atoms with Crippen LogP contribution in [0.15, 0.2) is 46.9 Å². The minimum absolute atomic E-state index is 0.185. The minimum atomic E-state index is -0.411. The van der Waals surface area contributed by atoms with E-state index in [4.69, 9.17) is 16.3 Å². The van der Waals surface area contributed by atoms with E-state index in [0.717, 1.165) is 4.47 Å². The van der Waals surface area contributed by atoms with E-state index in [1.165, 1.54) is 6.07 Å². The van der Waals surface area contributed by atoms with E-state index in [0.29, 0.717) is 11.3 Å². The van der Waals surface area contributed by atoms with Crippen molar-refractivity contribution in [3.8, 4) is 11.5 Å². The zero-order chi connectivity index (χ0) is 12.3. The second-order valence-corrected chi connectivity index (χ2v) is 4.60. The standard InChI is InChI=1S/C13H9BrClFO/c14-10-4-6-11(7-5-10)17-13-9(8-15)2-1-3-12(13)16/h1-7H,8H2. The lowest BCUT2D eigenvalue weighted by Gasteiger charge is -2.10. The van der Waals surface area contributed by atoms with E-state index in [9.17, 15) is 4.39 Å². The third-order valence-corrected chi connectivity index (χ3v) is 3.04. The molecule has 0 saturated carbocycles. The predicted octanol–water partition coefficient (Wildman–Crippen LogP) is 5.12. The van der Waals surface area contributed by atoms with Gasteiger partial charge in [-0.05, 0) is 30.3 Å². The molecule has 0 aliphatic rings. The summed E-state index contributed by atoms with van der Waals surface area (Å²) in [6.07, 6.45) is 0. The number of alkyl halides is 1. The molecule has 0 aliphatic carbocycles. The molecule has 2 aromatic carbocycles. The third-order valence-electron chi connectivity index (χ3n) is 2.23. The first-order valence-electron chi connectivity index (χ1n) is 4.97. The average Bonchev–Trinajstić information content (AvgIpc) is 2.34. The highest BCUT2D eigenvalue weighted by molar-refractivity contribution is 9.10. The molecule has 4 heteroatoms. The Balaban J connectivity index is 2.32. The summed E-state index contributed by atoms with van der Waals surface area (Å²) in [6, 6.07) is 11.9. The van der Waals surface area contributed by atoms with Crippen molar-refractivity contribution in [1.82, 2.24) is 0 Å². The zero-order valence-electron chi connectivity index (χ0n) is 8.79. The van der Waals surface area contributed by atoms with Crippen molar-refractivity contribution in [3.63, 3.8) is 0 Å². The summed E-state index contributed by atoms with van der Waals surface area (Å²) in [6.45, 7) is 0. The van der Waals surface area contributed by atoms with Gasteiger partial charge in [-0.2, -0.15) is 0 Å². The number of rotatable bonds is 3. The van der Waals surface area contributed by atoms with Crippen molar-refractivity contribution in [1.29, 1.82) is 0 Å². The van der Waals surface area contributed by atoms with Gasteiger partial charge in [-0.1, -0.05) is 28.1 Å². The summed E-state index contributed by atoms with van der Waals surface area (Å²) in [5.74, 6) is 0.560. The summed E-state index contributed by atoms with van der Waals surface area (Å²) in [5.41, 5.74) is 0.634. The lowest BCUT2D eigenvalue weighted by Crippen LogP contribution is -1.93. The first-order valence-corrected chi connectivity index (χ1v) is 6.30. The first kappa shape index (κ1) is 12.4. The average molecular weight is 316 g/mol. The van der Waals surface area contributed by atoms with Gasteiger partial charge in [-0.15, -0.1) is 11.6 Å². The molecule has 0 unspecified atom stereocenters. The van der Waals surface area contributed by atoms with Crippen LogP contribution in [0.3, 0.4) is 0 Å². The fourth-order valence-corrected chi connectivity index (χ4v) is 1.87. The molecular weight excluding hydrogens is 306 g/mol. The van der Waals surface area contributed by atoms with Crippen molar-refractivity contribution in [2.75, 3.05) is 0 Å². The van der Waals surface area contributed by atoms with Crippen molar-refractivity contribution in [2.24, 2.45) is 0 Å². The van der Waals surface area contributed by atoms with Gasteiger partial charge in [0, 0.05) is 10.0 Å². The molecule has 0 atom stereocenters. The van der Waals surface area contributed by atoms with E-state index in [1.807, 2.05) is 12.1 Å². The first-order chi connectivity index (χ1) is 8.20. The Morgan fingerprint density at radius 2 is 1.82 bits per heavy atom. The molecule has 0 fully saturated rings. The van der Waals surface area contributed by atoms with Crippen molar-refractivity contribution in [2.45, 2.75) is 5.88 Å². The molecule has 0 bridgehead atoms. The molecule has 0 saturated heterocycles. The van der Waals surface area contributed by atoms with Crippen molar-refractivity contribution < 1.29 is 9.13 Å². The fraction of sp³-hybridized carbons (Fsp3) is 0.0769. The molecule has 0 radical (unpaired) electrons. The largest absolute Gasteiger partial charge is 0.454 e. The molecule has 0 aliphatic heterocycles. The number of halogens is 3. The number of benzene rings is 2.